The van der Waals surface area contributed by atoms with Gasteiger partial charge in [-0.05, 0) is 49.2 Å². The summed E-state index contributed by atoms with van der Waals surface area (Å²) in [6.07, 6.45) is 4.00. The fraction of sp³-hybridized carbons (Fsp3) is 0.333. The van der Waals surface area contributed by atoms with Crippen molar-refractivity contribution in [2.45, 2.75) is 25.3 Å². The minimum absolute atomic E-state index is 0.0105. The normalized spacial score (nSPS) is 15.6. The second-order valence-corrected chi connectivity index (χ2v) is 9.26. The number of amides is 1. The lowest BCUT2D eigenvalue weighted by molar-refractivity contribution is 0.0627. The van der Waals surface area contributed by atoms with Crippen LogP contribution in [-0.4, -0.2) is 59.7 Å². The zero-order chi connectivity index (χ0) is 21.5. The first kappa shape index (κ1) is 20.5. The van der Waals surface area contributed by atoms with Crippen LogP contribution in [0.2, 0.25) is 0 Å². The van der Waals surface area contributed by atoms with Crippen molar-refractivity contribution in [3.05, 3.63) is 65.1 Å². The van der Waals surface area contributed by atoms with Gasteiger partial charge in [0.1, 0.15) is 5.65 Å². The monoisotopic (exact) mass is 427 g/mol. The van der Waals surface area contributed by atoms with Gasteiger partial charge in [0.05, 0.1) is 10.6 Å². The first-order valence-corrected chi connectivity index (χ1v) is 11.4. The molecular formula is C21H25N5O3S. The Balaban J connectivity index is 1.44. The van der Waals surface area contributed by atoms with Crippen molar-refractivity contribution < 1.29 is 13.2 Å². The van der Waals surface area contributed by atoms with Gasteiger partial charge in [-0.2, -0.15) is 0 Å². The number of fused-ring (bicyclic) bond motifs is 1. The van der Waals surface area contributed by atoms with Crippen LogP contribution < -0.4 is 5.14 Å². The van der Waals surface area contributed by atoms with Crippen molar-refractivity contribution >= 4 is 21.6 Å². The van der Waals surface area contributed by atoms with E-state index < -0.39 is 10.0 Å². The van der Waals surface area contributed by atoms with Crippen LogP contribution in [-0.2, 0) is 16.6 Å². The van der Waals surface area contributed by atoms with Crippen LogP contribution in [0, 0.1) is 13.8 Å². The zero-order valence-electron chi connectivity index (χ0n) is 17.1. The van der Waals surface area contributed by atoms with Gasteiger partial charge in [-0.25, -0.2) is 18.5 Å². The molecular weight excluding hydrogens is 402 g/mol. The van der Waals surface area contributed by atoms with Crippen LogP contribution in [0.4, 0.5) is 0 Å². The van der Waals surface area contributed by atoms with E-state index in [1.165, 1.54) is 6.07 Å². The molecule has 1 aliphatic heterocycles. The number of aryl methyl sites for hydroxylation is 1. The number of carbonyl (C=O) groups is 1. The number of piperazine rings is 1. The number of benzene rings is 1. The summed E-state index contributed by atoms with van der Waals surface area (Å²) >= 11 is 0. The molecule has 0 aliphatic carbocycles. The zero-order valence-corrected chi connectivity index (χ0v) is 17.9. The second kappa shape index (κ2) is 7.82. The van der Waals surface area contributed by atoms with E-state index in [0.717, 1.165) is 36.5 Å². The number of nitrogens with zero attached hydrogens (tertiary/aromatic N) is 4. The minimum atomic E-state index is -3.89. The molecule has 3 heterocycles. The Kier molecular flexibility index (Phi) is 5.35. The largest absolute Gasteiger partial charge is 0.336 e. The lowest BCUT2D eigenvalue weighted by atomic mass is 10.0. The highest BCUT2D eigenvalue weighted by molar-refractivity contribution is 7.89. The van der Waals surface area contributed by atoms with Crippen LogP contribution in [0.25, 0.3) is 5.65 Å². The molecule has 1 amide bonds. The Labute approximate surface area is 176 Å². The van der Waals surface area contributed by atoms with Crippen molar-refractivity contribution in [2.24, 2.45) is 5.14 Å². The number of pyridine rings is 1. The van der Waals surface area contributed by atoms with Gasteiger partial charge in [-0.15, -0.1) is 0 Å². The van der Waals surface area contributed by atoms with Gasteiger partial charge < -0.3 is 9.30 Å². The third kappa shape index (κ3) is 4.09. The average Bonchev–Trinajstić information content (AvgIpc) is 3.11. The molecule has 3 aromatic rings. The van der Waals surface area contributed by atoms with Gasteiger partial charge in [0.15, 0.2) is 0 Å². The quantitative estimate of drug-likeness (QED) is 0.681. The van der Waals surface area contributed by atoms with Crippen molar-refractivity contribution in [3.8, 4) is 0 Å². The molecule has 1 saturated heterocycles. The van der Waals surface area contributed by atoms with Crippen LogP contribution in [0.1, 0.15) is 27.2 Å². The number of carbonyl (C=O) groups excluding carboxylic acids is 1. The van der Waals surface area contributed by atoms with Crippen LogP contribution >= 0.6 is 0 Å². The molecule has 1 fully saturated rings. The third-order valence-corrected chi connectivity index (χ3v) is 6.67. The van der Waals surface area contributed by atoms with E-state index in [9.17, 15) is 13.2 Å². The lowest BCUT2D eigenvalue weighted by Crippen LogP contribution is -2.48. The molecule has 8 nitrogen and oxygen atoms in total. The van der Waals surface area contributed by atoms with Crippen molar-refractivity contribution in [1.29, 1.82) is 0 Å². The SMILES string of the molecule is Cc1cc(C(=O)N2CCN(Cc3cn4ccccc4n3)CC2)cc(S(N)(=O)=O)c1C. The van der Waals surface area contributed by atoms with Crippen LogP contribution in [0.5, 0.6) is 0 Å². The summed E-state index contributed by atoms with van der Waals surface area (Å²) in [5.74, 6) is -0.171. The number of hydrogen-bond donors (Lipinski definition) is 1. The second-order valence-electron chi connectivity index (χ2n) is 7.73. The van der Waals surface area contributed by atoms with Crippen LogP contribution in [0.3, 0.4) is 0 Å². The highest BCUT2D eigenvalue weighted by atomic mass is 32.2. The first-order chi connectivity index (χ1) is 14.2. The molecule has 30 heavy (non-hydrogen) atoms. The number of rotatable bonds is 4. The summed E-state index contributed by atoms with van der Waals surface area (Å²) in [7, 11) is -3.89. The molecule has 1 aromatic carbocycles. The minimum Gasteiger partial charge on any atom is -0.336 e. The number of aromatic nitrogens is 2. The maximum atomic E-state index is 13.0. The summed E-state index contributed by atoms with van der Waals surface area (Å²) in [4.78, 5) is 21.6. The Bertz CT molecular complexity index is 1180. The summed E-state index contributed by atoms with van der Waals surface area (Å²) < 4.78 is 25.8. The van der Waals surface area contributed by atoms with Gasteiger partial charge in [0.2, 0.25) is 10.0 Å². The fourth-order valence-corrected chi connectivity index (χ4v) is 4.71. The molecule has 0 spiro atoms. The molecule has 158 valence electrons. The summed E-state index contributed by atoms with van der Waals surface area (Å²) in [6, 6.07) is 9.03. The van der Waals surface area contributed by atoms with E-state index in [-0.39, 0.29) is 10.8 Å². The number of imidazole rings is 1. The average molecular weight is 428 g/mol. The van der Waals surface area contributed by atoms with Crippen molar-refractivity contribution in [3.63, 3.8) is 0 Å². The smallest absolute Gasteiger partial charge is 0.253 e. The number of sulfonamides is 1. The van der Waals surface area contributed by atoms with Gasteiger partial charge in [-0.3, -0.25) is 9.69 Å². The molecule has 0 radical (unpaired) electrons. The maximum Gasteiger partial charge on any atom is 0.253 e. The van der Waals surface area contributed by atoms with E-state index in [1.54, 1.807) is 24.8 Å². The molecule has 0 atom stereocenters. The fourth-order valence-electron chi connectivity index (χ4n) is 3.83. The summed E-state index contributed by atoms with van der Waals surface area (Å²) in [5, 5.41) is 5.33. The van der Waals surface area contributed by atoms with Gasteiger partial charge in [0.25, 0.3) is 5.91 Å². The number of primary sulfonamides is 1. The Morgan fingerprint density at radius 3 is 2.53 bits per heavy atom. The molecule has 0 unspecified atom stereocenters. The topological polar surface area (TPSA) is 101 Å². The first-order valence-electron chi connectivity index (χ1n) is 9.80. The van der Waals surface area contributed by atoms with Gasteiger partial charge in [0, 0.05) is 50.7 Å². The molecule has 2 aromatic heterocycles. The van der Waals surface area contributed by atoms with E-state index >= 15 is 0 Å². The standard InChI is InChI=1S/C21H25N5O3S/c1-15-11-17(12-19(16(15)2)30(22,28)29)21(27)25-9-7-24(8-10-25)13-18-14-26-6-4-3-5-20(26)23-18/h3-6,11-12,14H,7-10,13H2,1-2H3,(H2,22,28,29). The molecule has 0 saturated carbocycles. The predicted molar refractivity (Wildman–Crippen MR) is 114 cm³/mol. The van der Waals surface area contributed by atoms with E-state index in [4.69, 9.17) is 5.14 Å². The Morgan fingerprint density at radius 2 is 1.87 bits per heavy atom. The number of hydrogen-bond acceptors (Lipinski definition) is 5. The molecule has 9 heteroatoms. The molecule has 4 rings (SSSR count). The predicted octanol–water partition coefficient (Wildman–Crippen LogP) is 1.56. The lowest BCUT2D eigenvalue weighted by Gasteiger charge is -2.34. The summed E-state index contributed by atoms with van der Waals surface area (Å²) in [5.41, 5.74) is 3.58. The maximum absolute atomic E-state index is 13.0. The van der Waals surface area contributed by atoms with E-state index in [0.29, 0.717) is 24.2 Å². The highest BCUT2D eigenvalue weighted by Gasteiger charge is 2.25. The van der Waals surface area contributed by atoms with Gasteiger partial charge >= 0.3 is 0 Å². The third-order valence-electron chi connectivity index (χ3n) is 5.63. The Morgan fingerprint density at radius 1 is 1.13 bits per heavy atom. The Hall–Kier alpha value is -2.75. The van der Waals surface area contributed by atoms with Gasteiger partial charge in [-0.1, -0.05) is 6.07 Å². The molecule has 2 N–H and O–H groups in total. The van der Waals surface area contributed by atoms with Crippen molar-refractivity contribution in [2.75, 3.05) is 26.2 Å². The summed E-state index contributed by atoms with van der Waals surface area (Å²) in [6.45, 7) is 6.81. The van der Waals surface area contributed by atoms with Crippen LogP contribution in [0.15, 0.2) is 47.6 Å². The van der Waals surface area contributed by atoms with E-state index in [2.05, 4.69) is 9.88 Å². The highest BCUT2D eigenvalue weighted by Crippen LogP contribution is 2.22. The molecule has 1 aliphatic rings. The van der Waals surface area contributed by atoms with Crippen molar-refractivity contribution in [1.82, 2.24) is 19.2 Å². The number of nitrogens with two attached hydrogens (primary N) is 1. The van der Waals surface area contributed by atoms with E-state index in [1.807, 2.05) is 35.0 Å². The molecule has 0 bridgehead atoms.